The van der Waals surface area contributed by atoms with Crippen molar-refractivity contribution in [1.29, 1.82) is 0 Å². The van der Waals surface area contributed by atoms with E-state index in [0.29, 0.717) is 12.0 Å². The van der Waals surface area contributed by atoms with Gasteiger partial charge in [-0.1, -0.05) is 23.7 Å². The fourth-order valence-electron chi connectivity index (χ4n) is 4.39. The third kappa shape index (κ3) is 6.21. The number of benzene rings is 1. The average Bonchev–Trinajstić information content (AvgIpc) is 3.08. The Morgan fingerprint density at radius 1 is 1.36 bits per heavy atom. The molecule has 2 N–H and O–H groups in total. The number of rotatable bonds is 5. The van der Waals surface area contributed by atoms with Crippen molar-refractivity contribution >= 4 is 41.5 Å². The molecule has 2 saturated heterocycles. The van der Waals surface area contributed by atoms with Crippen LogP contribution in [0.2, 0.25) is 5.02 Å². The molecule has 0 aromatic heterocycles. The number of ether oxygens (including phenoxy) is 1. The summed E-state index contributed by atoms with van der Waals surface area (Å²) in [5.74, 6) is 1.36. The van der Waals surface area contributed by atoms with Crippen molar-refractivity contribution in [3.05, 3.63) is 34.9 Å². The average molecular weight is 521 g/mol. The van der Waals surface area contributed by atoms with Crippen molar-refractivity contribution < 1.29 is 4.74 Å². The second-order valence-corrected chi connectivity index (χ2v) is 8.53. The van der Waals surface area contributed by atoms with E-state index >= 15 is 0 Å². The molecule has 5 nitrogen and oxygen atoms in total. The Labute approximate surface area is 191 Å². The number of piperidine rings is 1. The quantitative estimate of drug-likeness (QED) is 0.349. The molecule has 0 bridgehead atoms. The van der Waals surface area contributed by atoms with Gasteiger partial charge < -0.3 is 15.4 Å². The van der Waals surface area contributed by atoms with Gasteiger partial charge in [0.2, 0.25) is 0 Å². The van der Waals surface area contributed by atoms with Crippen molar-refractivity contribution in [2.45, 2.75) is 44.2 Å². The van der Waals surface area contributed by atoms with Crippen LogP contribution < -0.4 is 10.6 Å². The highest BCUT2D eigenvalue weighted by molar-refractivity contribution is 14.0. The maximum absolute atomic E-state index is 6.25. The topological polar surface area (TPSA) is 48.9 Å². The highest BCUT2D eigenvalue weighted by Gasteiger charge is 2.32. The molecule has 0 aliphatic carbocycles. The lowest BCUT2D eigenvalue weighted by atomic mass is 9.85. The summed E-state index contributed by atoms with van der Waals surface area (Å²) in [5, 5.41) is 7.79. The summed E-state index contributed by atoms with van der Waals surface area (Å²) in [6.07, 6.45) is 4.66. The minimum Gasteiger partial charge on any atom is -0.373 e. The zero-order chi connectivity index (χ0) is 19.3. The van der Waals surface area contributed by atoms with E-state index in [4.69, 9.17) is 16.3 Å². The van der Waals surface area contributed by atoms with Crippen molar-refractivity contribution in [3.63, 3.8) is 0 Å². The molecule has 2 fully saturated rings. The number of nitrogens with one attached hydrogen (secondary N) is 2. The van der Waals surface area contributed by atoms with Gasteiger partial charge in [0.25, 0.3) is 0 Å². The summed E-state index contributed by atoms with van der Waals surface area (Å²) < 4.78 is 5.87. The molecule has 1 aromatic rings. The van der Waals surface area contributed by atoms with Gasteiger partial charge >= 0.3 is 0 Å². The van der Waals surface area contributed by atoms with E-state index in [9.17, 15) is 0 Å². The minimum atomic E-state index is -0.0774. The van der Waals surface area contributed by atoms with E-state index in [-0.39, 0.29) is 29.6 Å². The molecule has 1 aromatic carbocycles. The first-order valence-corrected chi connectivity index (χ1v) is 10.4. The Balaban J connectivity index is 0.00000280. The molecule has 2 aliphatic heterocycles. The lowest BCUT2D eigenvalue weighted by Gasteiger charge is -2.40. The molecule has 0 saturated carbocycles. The third-order valence-corrected chi connectivity index (χ3v) is 6.12. The molecule has 2 aliphatic rings. The fraction of sp³-hybridized carbons (Fsp3) is 0.667. The van der Waals surface area contributed by atoms with E-state index in [1.54, 1.807) is 0 Å². The zero-order valence-electron chi connectivity index (χ0n) is 17.2. The first-order valence-electron chi connectivity index (χ1n) is 10.0. The number of hydrogen-bond acceptors (Lipinski definition) is 3. The Hall–Kier alpha value is -0.570. The summed E-state index contributed by atoms with van der Waals surface area (Å²) >= 11 is 6.25. The van der Waals surface area contributed by atoms with Gasteiger partial charge in [0.05, 0.1) is 5.60 Å². The Bertz CT molecular complexity index is 651. The molecule has 0 amide bonds. The molecule has 7 heteroatoms. The highest BCUT2D eigenvalue weighted by Crippen LogP contribution is 2.35. The maximum atomic E-state index is 6.25. The number of likely N-dealkylation sites (tertiary alicyclic amines) is 1. The molecule has 0 radical (unpaired) electrons. The monoisotopic (exact) mass is 520 g/mol. The fourth-order valence-corrected chi connectivity index (χ4v) is 4.58. The number of guanidine groups is 1. The minimum absolute atomic E-state index is 0. The van der Waals surface area contributed by atoms with E-state index in [0.717, 1.165) is 50.1 Å². The Kier molecular flexibility index (Phi) is 9.31. The summed E-state index contributed by atoms with van der Waals surface area (Å²) in [7, 11) is 4.04. The normalized spacial score (nSPS) is 28.6. The lowest BCUT2D eigenvalue weighted by molar-refractivity contribution is 0.0242. The van der Waals surface area contributed by atoms with Crippen LogP contribution in [-0.4, -0.2) is 56.8 Å². The second-order valence-electron chi connectivity index (χ2n) is 8.09. The van der Waals surface area contributed by atoms with E-state index in [2.05, 4.69) is 46.6 Å². The van der Waals surface area contributed by atoms with Gasteiger partial charge in [0.15, 0.2) is 5.96 Å². The van der Waals surface area contributed by atoms with Crippen molar-refractivity contribution in [2.75, 3.05) is 40.3 Å². The number of halogens is 2. The largest absolute Gasteiger partial charge is 0.373 e. The van der Waals surface area contributed by atoms with Crippen LogP contribution in [-0.2, 0) is 4.74 Å². The first kappa shape index (κ1) is 23.7. The van der Waals surface area contributed by atoms with Crippen LogP contribution in [0.25, 0.3) is 0 Å². The van der Waals surface area contributed by atoms with Crippen LogP contribution in [0.5, 0.6) is 0 Å². The van der Waals surface area contributed by atoms with Crippen LogP contribution in [0.3, 0.4) is 0 Å². The van der Waals surface area contributed by atoms with E-state index < -0.39 is 0 Å². The van der Waals surface area contributed by atoms with Gasteiger partial charge in [-0.2, -0.15) is 0 Å². The van der Waals surface area contributed by atoms with Gasteiger partial charge in [-0.3, -0.25) is 9.89 Å². The molecule has 3 unspecified atom stereocenters. The van der Waals surface area contributed by atoms with Crippen molar-refractivity contribution in [3.8, 4) is 0 Å². The highest BCUT2D eigenvalue weighted by atomic mass is 127. The molecule has 0 spiro atoms. The SMILES string of the molecule is CN=C(NCC1CCCN(C)C1c1cccc(Cl)c1)NCC1(C)CCCO1.I. The van der Waals surface area contributed by atoms with Crippen LogP contribution in [0, 0.1) is 5.92 Å². The van der Waals surface area contributed by atoms with Gasteiger partial charge in [-0.05, 0) is 69.8 Å². The van der Waals surface area contributed by atoms with E-state index in [1.807, 2.05) is 19.2 Å². The van der Waals surface area contributed by atoms with E-state index in [1.165, 1.54) is 18.4 Å². The third-order valence-electron chi connectivity index (χ3n) is 5.88. The van der Waals surface area contributed by atoms with Crippen LogP contribution in [0.4, 0.5) is 0 Å². The molecule has 3 rings (SSSR count). The molecule has 158 valence electrons. The summed E-state index contributed by atoms with van der Waals surface area (Å²) in [6, 6.07) is 8.66. The molecule has 3 atom stereocenters. The predicted octanol–water partition coefficient (Wildman–Crippen LogP) is 4.08. The summed E-state index contributed by atoms with van der Waals surface area (Å²) in [6.45, 7) is 5.83. The summed E-state index contributed by atoms with van der Waals surface area (Å²) in [5.41, 5.74) is 1.22. The first-order chi connectivity index (χ1) is 13.0. The number of nitrogens with zero attached hydrogens (tertiary/aromatic N) is 2. The number of hydrogen-bond donors (Lipinski definition) is 2. The Morgan fingerprint density at radius 2 is 2.18 bits per heavy atom. The zero-order valence-corrected chi connectivity index (χ0v) is 20.3. The molecule has 2 heterocycles. The lowest BCUT2D eigenvalue weighted by Crippen LogP contribution is -2.48. The molecular formula is C21H34ClIN4O. The van der Waals surface area contributed by atoms with Gasteiger partial charge in [0.1, 0.15) is 0 Å². The second kappa shape index (κ2) is 11.0. The van der Waals surface area contributed by atoms with Gasteiger partial charge in [0, 0.05) is 37.8 Å². The van der Waals surface area contributed by atoms with Crippen LogP contribution >= 0.6 is 35.6 Å². The number of aliphatic imine (C=N–C) groups is 1. The predicted molar refractivity (Wildman–Crippen MR) is 128 cm³/mol. The van der Waals surface area contributed by atoms with Crippen LogP contribution in [0.1, 0.15) is 44.2 Å². The molecule has 28 heavy (non-hydrogen) atoms. The molecular weight excluding hydrogens is 487 g/mol. The standard InChI is InChI=1S/C21H33ClN4O.HI/c1-21(10-6-12-27-21)15-25-20(23-2)24-14-17-8-5-11-26(3)19(17)16-7-4-9-18(22)13-16;/h4,7,9,13,17,19H,5-6,8,10-12,14-15H2,1-3H3,(H2,23,24,25);1H. The maximum Gasteiger partial charge on any atom is 0.191 e. The smallest absolute Gasteiger partial charge is 0.191 e. The Morgan fingerprint density at radius 3 is 2.86 bits per heavy atom. The van der Waals surface area contributed by atoms with Gasteiger partial charge in [-0.15, -0.1) is 24.0 Å². The van der Waals surface area contributed by atoms with Gasteiger partial charge in [-0.25, -0.2) is 0 Å². The van der Waals surface area contributed by atoms with Crippen LogP contribution in [0.15, 0.2) is 29.3 Å². The summed E-state index contributed by atoms with van der Waals surface area (Å²) in [4.78, 5) is 6.85. The van der Waals surface area contributed by atoms with Crippen molar-refractivity contribution in [2.24, 2.45) is 10.9 Å². The van der Waals surface area contributed by atoms with Crippen molar-refractivity contribution in [1.82, 2.24) is 15.5 Å².